The van der Waals surface area contributed by atoms with Crippen molar-refractivity contribution in [3.8, 4) is 22.4 Å². The van der Waals surface area contributed by atoms with Crippen LogP contribution < -0.4 is 10.6 Å². The molecule has 1 aliphatic heterocycles. The number of amides is 1. The number of nitrogens with zero attached hydrogens (tertiary/aromatic N) is 2. The summed E-state index contributed by atoms with van der Waals surface area (Å²) in [5, 5.41) is 8.85. The summed E-state index contributed by atoms with van der Waals surface area (Å²) in [7, 11) is 2.00. The summed E-state index contributed by atoms with van der Waals surface area (Å²) in [5.41, 5.74) is 5.55. The lowest BCUT2D eigenvalue weighted by atomic mass is 10.0. The molecule has 168 valence electrons. The summed E-state index contributed by atoms with van der Waals surface area (Å²) >= 11 is 13.3. The molecule has 33 heavy (non-hydrogen) atoms. The van der Waals surface area contributed by atoms with E-state index >= 15 is 0 Å². The predicted molar refractivity (Wildman–Crippen MR) is 134 cm³/mol. The van der Waals surface area contributed by atoms with E-state index in [1.54, 1.807) is 0 Å². The second-order valence-electron chi connectivity index (χ2n) is 8.41. The van der Waals surface area contributed by atoms with Crippen molar-refractivity contribution in [2.75, 3.05) is 6.54 Å². The van der Waals surface area contributed by atoms with Gasteiger partial charge in [-0.15, -0.1) is 0 Å². The van der Waals surface area contributed by atoms with Crippen molar-refractivity contribution in [2.45, 2.75) is 25.4 Å². The minimum atomic E-state index is 0.140. The van der Waals surface area contributed by atoms with E-state index in [1.165, 1.54) is 5.56 Å². The molecule has 0 radical (unpaired) electrons. The number of aromatic nitrogens is 2. The van der Waals surface area contributed by atoms with Crippen molar-refractivity contribution in [3.05, 3.63) is 76.4 Å². The van der Waals surface area contributed by atoms with Crippen LogP contribution >= 0.6 is 23.2 Å². The van der Waals surface area contributed by atoms with Gasteiger partial charge >= 0.3 is 0 Å². The van der Waals surface area contributed by atoms with Crippen LogP contribution in [0.1, 0.15) is 18.4 Å². The second-order valence-corrected chi connectivity index (χ2v) is 9.20. The molecule has 0 unspecified atom stereocenters. The first-order valence-electron chi connectivity index (χ1n) is 11.0. The van der Waals surface area contributed by atoms with Crippen LogP contribution in [0.3, 0.4) is 0 Å². The first kappa shape index (κ1) is 22.0. The van der Waals surface area contributed by atoms with Gasteiger partial charge in [-0.05, 0) is 30.2 Å². The minimum absolute atomic E-state index is 0.140. The molecule has 0 saturated carbocycles. The number of carbonyl (C=O) groups is 1. The average Bonchev–Trinajstić information content (AvgIpc) is 3.37. The molecule has 1 amide bonds. The number of fused-ring (bicyclic) bond motifs is 1. The van der Waals surface area contributed by atoms with Gasteiger partial charge < -0.3 is 15.2 Å². The van der Waals surface area contributed by atoms with E-state index in [0.717, 1.165) is 46.4 Å². The molecular weight excluding hydrogens is 455 g/mol. The molecule has 2 N–H and O–H groups in total. The van der Waals surface area contributed by atoms with Crippen LogP contribution in [0.25, 0.3) is 33.4 Å². The molecule has 1 aliphatic rings. The Labute approximate surface area is 202 Å². The number of nitrogens with one attached hydrogen (secondary N) is 2. The van der Waals surface area contributed by atoms with Gasteiger partial charge in [-0.1, -0.05) is 59.6 Å². The maximum absolute atomic E-state index is 11.4. The molecule has 0 aliphatic carbocycles. The summed E-state index contributed by atoms with van der Waals surface area (Å²) in [6, 6.07) is 18.0. The first-order chi connectivity index (χ1) is 16.0. The highest BCUT2D eigenvalue weighted by molar-refractivity contribution is 6.38. The number of benzene rings is 2. The SMILES string of the molecule is Cn1cc(CNC[C@@H]2CCC(=O)N2)c2ccc(-c3cccc(-c4ccccc4Cl)c3Cl)nc21. The largest absolute Gasteiger partial charge is 0.352 e. The smallest absolute Gasteiger partial charge is 0.220 e. The summed E-state index contributed by atoms with van der Waals surface area (Å²) in [6.07, 6.45) is 3.61. The fourth-order valence-electron chi connectivity index (χ4n) is 4.45. The fraction of sp³-hybridized carbons (Fsp3) is 0.231. The Kier molecular flexibility index (Phi) is 6.11. The Bertz CT molecular complexity index is 1350. The Morgan fingerprint density at radius 1 is 1.06 bits per heavy atom. The first-order valence-corrected chi connectivity index (χ1v) is 11.8. The van der Waals surface area contributed by atoms with Gasteiger partial charge in [-0.2, -0.15) is 0 Å². The molecule has 0 bridgehead atoms. The number of rotatable bonds is 6. The summed E-state index contributed by atoms with van der Waals surface area (Å²) in [4.78, 5) is 16.3. The fourth-order valence-corrected chi connectivity index (χ4v) is 5.01. The molecule has 7 heteroatoms. The van der Waals surface area contributed by atoms with Crippen LogP contribution in [-0.4, -0.2) is 28.0 Å². The van der Waals surface area contributed by atoms with Gasteiger partial charge in [0.25, 0.3) is 0 Å². The second kappa shape index (κ2) is 9.18. The lowest BCUT2D eigenvalue weighted by molar-refractivity contribution is -0.119. The van der Waals surface area contributed by atoms with Crippen LogP contribution in [0.2, 0.25) is 10.0 Å². The molecule has 2 aromatic heterocycles. The van der Waals surface area contributed by atoms with Crippen molar-refractivity contribution in [1.29, 1.82) is 0 Å². The zero-order chi connectivity index (χ0) is 22.9. The van der Waals surface area contributed by atoms with Crippen LogP contribution in [-0.2, 0) is 18.4 Å². The minimum Gasteiger partial charge on any atom is -0.352 e. The van der Waals surface area contributed by atoms with Crippen molar-refractivity contribution < 1.29 is 4.79 Å². The van der Waals surface area contributed by atoms with E-state index < -0.39 is 0 Å². The Morgan fingerprint density at radius 3 is 2.64 bits per heavy atom. The van der Waals surface area contributed by atoms with Crippen LogP contribution in [0.15, 0.2) is 60.8 Å². The molecule has 0 spiro atoms. The highest BCUT2D eigenvalue weighted by atomic mass is 35.5. The Balaban J connectivity index is 1.42. The standard InChI is InChI=1S/C26H24Cl2N4O/c1-32-15-16(13-29-14-17-9-12-24(33)30-17)18-10-11-23(31-26(18)32)21-7-4-6-20(25(21)28)19-5-2-3-8-22(19)27/h2-8,10-11,15,17,29H,9,12-14H2,1H3,(H,30,33)/t17-/m0/s1. The third-order valence-corrected chi connectivity index (χ3v) is 6.87. The summed E-state index contributed by atoms with van der Waals surface area (Å²) < 4.78 is 2.04. The third-order valence-electron chi connectivity index (χ3n) is 6.13. The molecule has 4 aromatic rings. The third kappa shape index (κ3) is 4.36. The van der Waals surface area contributed by atoms with Crippen LogP contribution in [0.4, 0.5) is 0 Å². The van der Waals surface area contributed by atoms with Crippen molar-refractivity contribution in [2.24, 2.45) is 7.05 Å². The van der Waals surface area contributed by atoms with E-state index in [9.17, 15) is 4.79 Å². The molecule has 1 atom stereocenters. The average molecular weight is 479 g/mol. The van der Waals surface area contributed by atoms with Gasteiger partial charge in [0, 0.05) is 65.9 Å². The summed E-state index contributed by atoms with van der Waals surface area (Å²) in [5.74, 6) is 0.140. The molecule has 3 heterocycles. The lowest BCUT2D eigenvalue weighted by Gasteiger charge is -2.12. The number of hydrogen-bond acceptors (Lipinski definition) is 3. The molecule has 1 saturated heterocycles. The predicted octanol–water partition coefficient (Wildman–Crippen LogP) is 5.58. The number of halogens is 2. The van der Waals surface area contributed by atoms with Crippen molar-refractivity contribution in [3.63, 3.8) is 0 Å². The van der Waals surface area contributed by atoms with Gasteiger partial charge in [0.1, 0.15) is 5.65 Å². The van der Waals surface area contributed by atoms with E-state index in [0.29, 0.717) is 23.0 Å². The summed E-state index contributed by atoms with van der Waals surface area (Å²) in [6.45, 7) is 1.48. The molecule has 2 aromatic carbocycles. The lowest BCUT2D eigenvalue weighted by Crippen LogP contribution is -2.35. The number of pyridine rings is 1. The van der Waals surface area contributed by atoms with Gasteiger partial charge in [-0.3, -0.25) is 4.79 Å². The van der Waals surface area contributed by atoms with E-state index in [1.807, 2.05) is 60.1 Å². The van der Waals surface area contributed by atoms with E-state index in [4.69, 9.17) is 28.2 Å². The molecule has 5 nitrogen and oxygen atoms in total. The molecule has 5 rings (SSSR count). The monoisotopic (exact) mass is 478 g/mol. The normalized spacial score (nSPS) is 15.8. The molecular formula is C26H24Cl2N4O. The number of hydrogen-bond donors (Lipinski definition) is 2. The van der Waals surface area contributed by atoms with Crippen molar-refractivity contribution >= 4 is 40.1 Å². The Morgan fingerprint density at radius 2 is 1.85 bits per heavy atom. The Hall–Kier alpha value is -2.86. The van der Waals surface area contributed by atoms with Crippen molar-refractivity contribution in [1.82, 2.24) is 20.2 Å². The van der Waals surface area contributed by atoms with Gasteiger partial charge in [0.15, 0.2) is 0 Å². The highest BCUT2D eigenvalue weighted by Gasteiger charge is 2.20. The number of aryl methyl sites for hydroxylation is 1. The van der Waals surface area contributed by atoms with Crippen LogP contribution in [0, 0.1) is 0 Å². The van der Waals surface area contributed by atoms with E-state index in [-0.39, 0.29) is 11.9 Å². The maximum Gasteiger partial charge on any atom is 0.220 e. The van der Waals surface area contributed by atoms with E-state index in [2.05, 4.69) is 22.9 Å². The topological polar surface area (TPSA) is 59.0 Å². The maximum atomic E-state index is 11.4. The zero-order valence-electron chi connectivity index (χ0n) is 18.2. The molecule has 1 fully saturated rings. The van der Waals surface area contributed by atoms with Gasteiger partial charge in [0.2, 0.25) is 5.91 Å². The van der Waals surface area contributed by atoms with Gasteiger partial charge in [-0.25, -0.2) is 4.98 Å². The highest BCUT2D eigenvalue weighted by Crippen LogP contribution is 2.39. The van der Waals surface area contributed by atoms with Crippen LogP contribution in [0.5, 0.6) is 0 Å². The number of carbonyl (C=O) groups excluding carboxylic acids is 1. The van der Waals surface area contributed by atoms with Gasteiger partial charge in [0.05, 0.1) is 10.7 Å². The quantitative estimate of drug-likeness (QED) is 0.380. The zero-order valence-corrected chi connectivity index (χ0v) is 19.7.